The molecule has 4 aromatic carbocycles. The number of hydrogen-bond donors (Lipinski definition) is 1. The molecule has 1 fully saturated rings. The Hall–Kier alpha value is -4.09. The van der Waals surface area contributed by atoms with Gasteiger partial charge >= 0.3 is 6.03 Å². The Morgan fingerprint density at radius 1 is 0.853 bits per heavy atom. The van der Waals surface area contributed by atoms with Crippen molar-refractivity contribution in [2.75, 3.05) is 0 Å². The maximum Gasteiger partial charge on any atom is 0.329 e. The van der Waals surface area contributed by atoms with E-state index in [0.29, 0.717) is 22.9 Å². The van der Waals surface area contributed by atoms with Gasteiger partial charge in [-0.2, -0.15) is 0 Å². The number of benzene rings is 4. The summed E-state index contributed by atoms with van der Waals surface area (Å²) in [5.74, 6) is 0.241. The molecular formula is C28H21ClN2O3. The van der Waals surface area contributed by atoms with Crippen molar-refractivity contribution in [1.82, 2.24) is 10.2 Å². The highest BCUT2D eigenvalue weighted by atomic mass is 35.5. The second-order valence-corrected chi connectivity index (χ2v) is 8.41. The molecule has 0 unspecified atom stereocenters. The van der Waals surface area contributed by atoms with Crippen LogP contribution in [0.15, 0.2) is 96.7 Å². The van der Waals surface area contributed by atoms with Crippen LogP contribution >= 0.6 is 11.6 Å². The van der Waals surface area contributed by atoms with Crippen LogP contribution in [0.4, 0.5) is 4.79 Å². The van der Waals surface area contributed by atoms with Gasteiger partial charge in [0.1, 0.15) is 18.1 Å². The molecule has 3 amide bonds. The molecule has 0 saturated carbocycles. The second-order valence-electron chi connectivity index (χ2n) is 7.97. The second kappa shape index (κ2) is 9.41. The van der Waals surface area contributed by atoms with E-state index in [2.05, 4.69) is 23.5 Å². The number of carbonyl (C=O) groups is 2. The highest BCUT2D eigenvalue weighted by Gasteiger charge is 2.33. The maximum atomic E-state index is 12.9. The fraction of sp³-hybridized carbons (Fsp3) is 0.0714. The van der Waals surface area contributed by atoms with Gasteiger partial charge in [-0.3, -0.25) is 9.69 Å². The number of amides is 3. The first-order valence-electron chi connectivity index (χ1n) is 10.9. The lowest BCUT2D eigenvalue weighted by Gasteiger charge is -2.12. The van der Waals surface area contributed by atoms with Crippen LogP contribution in [0.5, 0.6) is 5.75 Å². The van der Waals surface area contributed by atoms with Crippen molar-refractivity contribution < 1.29 is 14.3 Å². The van der Waals surface area contributed by atoms with Crippen molar-refractivity contribution >= 4 is 40.4 Å². The molecule has 1 aliphatic heterocycles. The minimum Gasteiger partial charge on any atom is -0.488 e. The summed E-state index contributed by atoms with van der Waals surface area (Å²) < 4.78 is 6.14. The first-order valence-corrected chi connectivity index (χ1v) is 11.2. The first-order chi connectivity index (χ1) is 16.6. The molecule has 1 aliphatic rings. The zero-order valence-corrected chi connectivity index (χ0v) is 19.0. The molecule has 1 saturated heterocycles. The molecule has 5 rings (SSSR count). The Morgan fingerprint density at radius 2 is 1.59 bits per heavy atom. The number of halogens is 1. The summed E-state index contributed by atoms with van der Waals surface area (Å²) in [5.41, 5.74) is 2.80. The Bertz CT molecular complexity index is 1410. The van der Waals surface area contributed by atoms with Crippen LogP contribution in [0.2, 0.25) is 5.02 Å². The van der Waals surface area contributed by atoms with Crippen LogP contribution in [-0.2, 0) is 17.9 Å². The predicted octanol–water partition coefficient (Wildman–Crippen LogP) is 6.17. The number of fused-ring (bicyclic) bond motifs is 1. The Labute approximate surface area is 202 Å². The summed E-state index contributed by atoms with van der Waals surface area (Å²) >= 11 is 5.93. The van der Waals surface area contributed by atoms with E-state index in [1.807, 2.05) is 48.5 Å². The van der Waals surface area contributed by atoms with Gasteiger partial charge in [-0.25, -0.2) is 4.79 Å². The average molecular weight is 469 g/mol. The number of hydrogen-bond acceptors (Lipinski definition) is 3. The van der Waals surface area contributed by atoms with E-state index in [-0.39, 0.29) is 18.1 Å². The van der Waals surface area contributed by atoms with Gasteiger partial charge in [-0.1, -0.05) is 84.4 Å². The highest BCUT2D eigenvalue weighted by molar-refractivity contribution is 6.30. The number of carbonyl (C=O) groups excluding carboxylic acids is 2. The van der Waals surface area contributed by atoms with Gasteiger partial charge in [0, 0.05) is 10.6 Å². The lowest BCUT2D eigenvalue weighted by atomic mass is 10.1. The van der Waals surface area contributed by atoms with Gasteiger partial charge in [-0.15, -0.1) is 0 Å². The van der Waals surface area contributed by atoms with E-state index < -0.39 is 6.03 Å². The van der Waals surface area contributed by atoms with Crippen LogP contribution in [0.1, 0.15) is 16.7 Å². The molecular weight excluding hydrogens is 448 g/mol. The van der Waals surface area contributed by atoms with Gasteiger partial charge in [0.2, 0.25) is 0 Å². The van der Waals surface area contributed by atoms with Gasteiger partial charge in [0.25, 0.3) is 5.91 Å². The molecule has 1 N–H and O–H groups in total. The van der Waals surface area contributed by atoms with Gasteiger partial charge < -0.3 is 10.1 Å². The predicted molar refractivity (Wildman–Crippen MR) is 133 cm³/mol. The third kappa shape index (κ3) is 4.51. The van der Waals surface area contributed by atoms with Crippen LogP contribution in [0.3, 0.4) is 0 Å². The number of urea groups is 1. The molecule has 34 heavy (non-hydrogen) atoms. The summed E-state index contributed by atoms with van der Waals surface area (Å²) in [4.78, 5) is 26.6. The molecule has 5 nitrogen and oxygen atoms in total. The number of ether oxygens (including phenoxy) is 1. The number of imide groups is 1. The van der Waals surface area contributed by atoms with Crippen molar-refractivity contribution in [3.8, 4) is 5.75 Å². The van der Waals surface area contributed by atoms with Crippen molar-refractivity contribution in [2.45, 2.75) is 13.2 Å². The van der Waals surface area contributed by atoms with Crippen molar-refractivity contribution in [1.29, 1.82) is 0 Å². The average Bonchev–Trinajstić information content (AvgIpc) is 3.12. The first kappa shape index (κ1) is 21.7. The van der Waals surface area contributed by atoms with Crippen LogP contribution in [0.25, 0.3) is 16.8 Å². The summed E-state index contributed by atoms with van der Waals surface area (Å²) in [6, 6.07) is 28.3. The SMILES string of the molecule is O=C1N/C(=C\c2ccccc2OCc2cccc3ccccc23)C(=O)N1Cc1ccc(Cl)cc1. The number of para-hydroxylation sites is 1. The van der Waals surface area contributed by atoms with Crippen LogP contribution in [-0.4, -0.2) is 16.8 Å². The molecule has 4 aromatic rings. The Kier molecular flexibility index (Phi) is 6.02. The molecule has 1 heterocycles. The van der Waals surface area contributed by atoms with Crippen LogP contribution in [0, 0.1) is 0 Å². The fourth-order valence-electron chi connectivity index (χ4n) is 3.95. The molecule has 0 spiro atoms. The van der Waals surface area contributed by atoms with E-state index >= 15 is 0 Å². The maximum absolute atomic E-state index is 12.9. The molecule has 0 bridgehead atoms. The number of nitrogens with one attached hydrogen (secondary N) is 1. The minimum atomic E-state index is -0.458. The molecule has 0 aliphatic carbocycles. The minimum absolute atomic E-state index is 0.165. The van der Waals surface area contributed by atoms with E-state index in [4.69, 9.17) is 16.3 Å². The van der Waals surface area contributed by atoms with E-state index in [0.717, 1.165) is 21.9 Å². The van der Waals surface area contributed by atoms with Crippen molar-refractivity contribution in [2.24, 2.45) is 0 Å². The van der Waals surface area contributed by atoms with E-state index in [1.54, 1.807) is 30.3 Å². The molecule has 0 radical (unpaired) electrons. The summed E-state index contributed by atoms with van der Waals surface area (Å²) in [7, 11) is 0. The van der Waals surface area contributed by atoms with Gasteiger partial charge in [0.05, 0.1) is 6.54 Å². The molecule has 6 heteroatoms. The quantitative estimate of drug-likeness (QED) is 0.272. The third-order valence-corrected chi connectivity index (χ3v) is 5.95. The van der Waals surface area contributed by atoms with Crippen molar-refractivity contribution in [3.63, 3.8) is 0 Å². The largest absolute Gasteiger partial charge is 0.488 e. The summed E-state index contributed by atoms with van der Waals surface area (Å²) in [6.45, 7) is 0.545. The normalized spacial score (nSPS) is 14.6. The fourth-order valence-corrected chi connectivity index (χ4v) is 4.07. The highest BCUT2D eigenvalue weighted by Crippen LogP contribution is 2.26. The lowest BCUT2D eigenvalue weighted by molar-refractivity contribution is -0.123. The Morgan fingerprint density at radius 3 is 2.44 bits per heavy atom. The number of rotatable bonds is 6. The van der Waals surface area contributed by atoms with Gasteiger partial charge in [-0.05, 0) is 46.2 Å². The molecule has 168 valence electrons. The molecule has 0 atom stereocenters. The van der Waals surface area contributed by atoms with E-state index in [9.17, 15) is 9.59 Å². The third-order valence-electron chi connectivity index (χ3n) is 5.70. The lowest BCUT2D eigenvalue weighted by Crippen LogP contribution is -2.30. The summed E-state index contributed by atoms with van der Waals surface area (Å²) in [5, 5.41) is 5.56. The standard InChI is InChI=1S/C28H21ClN2O3/c29-23-14-12-19(13-15-23)17-31-27(32)25(30-28(31)33)16-21-7-2-4-11-26(21)34-18-22-9-5-8-20-6-1-3-10-24(20)22/h1-16H,17-18H2,(H,30,33)/b25-16-. The summed E-state index contributed by atoms with van der Waals surface area (Å²) in [6.07, 6.45) is 1.65. The topological polar surface area (TPSA) is 58.6 Å². The van der Waals surface area contributed by atoms with E-state index in [1.165, 1.54) is 4.90 Å². The monoisotopic (exact) mass is 468 g/mol. The van der Waals surface area contributed by atoms with Crippen molar-refractivity contribution in [3.05, 3.63) is 118 Å². The zero-order chi connectivity index (χ0) is 23.5. The molecule has 0 aromatic heterocycles. The zero-order valence-electron chi connectivity index (χ0n) is 18.2. The number of nitrogens with zero attached hydrogens (tertiary/aromatic N) is 1. The van der Waals surface area contributed by atoms with Gasteiger partial charge in [0.15, 0.2) is 0 Å². The Balaban J connectivity index is 1.35. The smallest absolute Gasteiger partial charge is 0.329 e. The van der Waals surface area contributed by atoms with Crippen LogP contribution < -0.4 is 10.1 Å².